The lowest BCUT2D eigenvalue weighted by Crippen LogP contribution is -2.46. The van der Waals surface area contributed by atoms with Crippen molar-refractivity contribution in [3.05, 3.63) is 53.4 Å². The van der Waals surface area contributed by atoms with Crippen LogP contribution in [0.15, 0.2) is 30.6 Å². The number of nitrogens with two attached hydrogens (primary N) is 1. The highest BCUT2D eigenvalue weighted by molar-refractivity contribution is 5.53. The van der Waals surface area contributed by atoms with Gasteiger partial charge in [-0.25, -0.2) is 4.39 Å². The molecule has 1 aliphatic carbocycles. The molecule has 29 heavy (non-hydrogen) atoms. The van der Waals surface area contributed by atoms with E-state index in [1.165, 1.54) is 30.5 Å². The van der Waals surface area contributed by atoms with E-state index in [-0.39, 0.29) is 17.8 Å². The first-order valence-electron chi connectivity index (χ1n) is 11.2. The highest BCUT2D eigenvalue weighted by Crippen LogP contribution is 2.33. The van der Waals surface area contributed by atoms with Crippen molar-refractivity contribution in [2.24, 2.45) is 11.7 Å². The van der Waals surface area contributed by atoms with Crippen LogP contribution in [-0.2, 0) is 12.8 Å². The fourth-order valence-corrected chi connectivity index (χ4v) is 5.08. The molecule has 1 saturated carbocycles. The third-order valence-corrected chi connectivity index (χ3v) is 6.48. The number of hydrogen-bond donors (Lipinski definition) is 1. The Labute approximate surface area is 173 Å². The summed E-state index contributed by atoms with van der Waals surface area (Å²) < 4.78 is 14.4. The molecule has 2 aliphatic rings. The van der Waals surface area contributed by atoms with Crippen LogP contribution >= 0.6 is 0 Å². The van der Waals surface area contributed by atoms with Gasteiger partial charge in [0.25, 0.3) is 0 Å². The summed E-state index contributed by atoms with van der Waals surface area (Å²) in [6, 6.07) is 5.78. The predicted octanol–water partition coefficient (Wildman–Crippen LogP) is 4.62. The van der Waals surface area contributed by atoms with Gasteiger partial charge in [0.2, 0.25) is 0 Å². The molecule has 2 aromatic rings. The second kappa shape index (κ2) is 9.21. The van der Waals surface area contributed by atoms with Crippen LogP contribution in [-0.4, -0.2) is 29.1 Å². The summed E-state index contributed by atoms with van der Waals surface area (Å²) in [7, 11) is 0. The maximum absolute atomic E-state index is 14.4. The molecule has 0 aromatic carbocycles. The second-order valence-corrected chi connectivity index (χ2v) is 9.01. The lowest BCUT2D eigenvalue weighted by molar-refractivity contribution is 0.401. The summed E-state index contributed by atoms with van der Waals surface area (Å²) >= 11 is 0. The van der Waals surface area contributed by atoms with Gasteiger partial charge in [-0.2, -0.15) is 0 Å². The Kier molecular flexibility index (Phi) is 6.43. The van der Waals surface area contributed by atoms with E-state index in [2.05, 4.69) is 22.9 Å². The summed E-state index contributed by atoms with van der Waals surface area (Å²) in [6.45, 7) is 4.19. The molecule has 0 unspecified atom stereocenters. The molecule has 1 saturated heterocycles. The molecule has 0 amide bonds. The Hall–Kier alpha value is -2.01. The van der Waals surface area contributed by atoms with E-state index in [4.69, 9.17) is 10.7 Å². The molecular formula is C24H33FN4. The SMILES string of the molecule is C[C@@H]1C[C@H](N)CN(c2ccncc2CCc2ccc(F)c(C3CCCCC3)n2)C1. The number of aryl methyl sites for hydroxylation is 2. The van der Waals surface area contributed by atoms with Crippen LogP contribution in [0.2, 0.25) is 0 Å². The first-order chi connectivity index (χ1) is 14.1. The molecule has 5 heteroatoms. The number of anilines is 1. The van der Waals surface area contributed by atoms with Crippen molar-refractivity contribution in [3.63, 3.8) is 0 Å². The van der Waals surface area contributed by atoms with Gasteiger partial charge in [-0.1, -0.05) is 26.2 Å². The monoisotopic (exact) mass is 396 g/mol. The highest BCUT2D eigenvalue weighted by Gasteiger charge is 2.24. The molecule has 2 aromatic heterocycles. The summed E-state index contributed by atoms with van der Waals surface area (Å²) in [5.74, 6) is 0.740. The van der Waals surface area contributed by atoms with E-state index in [0.29, 0.717) is 11.6 Å². The van der Waals surface area contributed by atoms with Crippen LogP contribution in [0.5, 0.6) is 0 Å². The normalized spacial score (nSPS) is 23.3. The van der Waals surface area contributed by atoms with Gasteiger partial charge in [0.1, 0.15) is 5.82 Å². The van der Waals surface area contributed by atoms with E-state index in [1.54, 1.807) is 6.07 Å². The summed E-state index contributed by atoms with van der Waals surface area (Å²) in [5, 5.41) is 0. The van der Waals surface area contributed by atoms with Crippen LogP contribution in [0.25, 0.3) is 0 Å². The van der Waals surface area contributed by atoms with Crippen molar-refractivity contribution in [2.75, 3.05) is 18.0 Å². The van der Waals surface area contributed by atoms with Gasteiger partial charge >= 0.3 is 0 Å². The third-order valence-electron chi connectivity index (χ3n) is 6.48. The average Bonchev–Trinajstić information content (AvgIpc) is 2.73. The molecule has 0 radical (unpaired) electrons. The minimum absolute atomic E-state index is 0.140. The molecule has 156 valence electrons. The van der Waals surface area contributed by atoms with Gasteiger partial charge in [-0.3, -0.25) is 9.97 Å². The number of hydrogen-bond acceptors (Lipinski definition) is 4. The minimum Gasteiger partial charge on any atom is -0.369 e. The fraction of sp³-hybridized carbons (Fsp3) is 0.583. The van der Waals surface area contributed by atoms with Crippen LogP contribution in [0.3, 0.4) is 0 Å². The maximum atomic E-state index is 14.4. The molecule has 2 fully saturated rings. The largest absolute Gasteiger partial charge is 0.369 e. The van der Waals surface area contributed by atoms with E-state index in [1.807, 2.05) is 18.5 Å². The van der Waals surface area contributed by atoms with Crippen molar-refractivity contribution < 1.29 is 4.39 Å². The lowest BCUT2D eigenvalue weighted by Gasteiger charge is -2.37. The van der Waals surface area contributed by atoms with E-state index in [9.17, 15) is 4.39 Å². The topological polar surface area (TPSA) is 55.0 Å². The molecule has 0 bridgehead atoms. The number of rotatable bonds is 5. The smallest absolute Gasteiger partial charge is 0.144 e. The number of nitrogens with zero attached hydrogens (tertiary/aromatic N) is 3. The van der Waals surface area contributed by atoms with Crippen LogP contribution in [0, 0.1) is 11.7 Å². The Balaban J connectivity index is 1.48. The van der Waals surface area contributed by atoms with Gasteiger partial charge in [-0.05, 0) is 61.8 Å². The Bertz CT molecular complexity index is 808. The molecule has 0 spiro atoms. The van der Waals surface area contributed by atoms with Gasteiger partial charge in [0.05, 0.1) is 5.69 Å². The van der Waals surface area contributed by atoms with Crippen LogP contribution < -0.4 is 10.6 Å². The first kappa shape index (κ1) is 20.3. The molecule has 2 N–H and O–H groups in total. The van der Waals surface area contributed by atoms with E-state index in [0.717, 1.165) is 50.9 Å². The molecule has 3 heterocycles. The predicted molar refractivity (Wildman–Crippen MR) is 116 cm³/mol. The Morgan fingerprint density at radius 1 is 1.10 bits per heavy atom. The summed E-state index contributed by atoms with van der Waals surface area (Å²) in [6.07, 6.45) is 12.3. The number of halogens is 1. The van der Waals surface area contributed by atoms with Crippen molar-refractivity contribution in [1.82, 2.24) is 9.97 Å². The fourth-order valence-electron chi connectivity index (χ4n) is 5.08. The standard InChI is InChI=1S/C24H33FN4/c1-17-13-20(26)16-29(15-17)23-11-12-27-14-19(23)7-8-21-9-10-22(25)24(28-21)18-5-3-2-4-6-18/h9-12,14,17-18,20H,2-8,13,15-16,26H2,1H3/t17-,20+/m1/s1. The van der Waals surface area contributed by atoms with Crippen LogP contribution in [0.1, 0.15) is 68.3 Å². The number of piperidine rings is 1. The molecule has 4 rings (SSSR count). The van der Waals surface area contributed by atoms with Crippen LogP contribution in [0.4, 0.5) is 10.1 Å². The first-order valence-corrected chi connectivity index (χ1v) is 11.2. The number of aromatic nitrogens is 2. The zero-order chi connectivity index (χ0) is 20.2. The maximum Gasteiger partial charge on any atom is 0.144 e. The van der Waals surface area contributed by atoms with Crippen molar-refractivity contribution in [1.29, 1.82) is 0 Å². The zero-order valence-electron chi connectivity index (χ0n) is 17.5. The van der Waals surface area contributed by atoms with Gasteiger partial charge in [0, 0.05) is 48.8 Å². The Morgan fingerprint density at radius 2 is 1.93 bits per heavy atom. The third kappa shape index (κ3) is 4.95. The quantitative estimate of drug-likeness (QED) is 0.801. The molecule has 1 aliphatic heterocycles. The summed E-state index contributed by atoms with van der Waals surface area (Å²) in [5.41, 5.74) is 10.4. The van der Waals surface area contributed by atoms with Gasteiger partial charge in [-0.15, -0.1) is 0 Å². The van der Waals surface area contributed by atoms with Crippen molar-refractivity contribution >= 4 is 5.69 Å². The van der Waals surface area contributed by atoms with Crippen molar-refractivity contribution in [3.8, 4) is 0 Å². The van der Waals surface area contributed by atoms with E-state index >= 15 is 0 Å². The van der Waals surface area contributed by atoms with E-state index < -0.39 is 0 Å². The van der Waals surface area contributed by atoms with Gasteiger partial charge in [0.15, 0.2) is 0 Å². The number of pyridine rings is 2. The van der Waals surface area contributed by atoms with Crippen molar-refractivity contribution in [2.45, 2.75) is 70.3 Å². The summed E-state index contributed by atoms with van der Waals surface area (Å²) in [4.78, 5) is 11.5. The zero-order valence-corrected chi connectivity index (χ0v) is 17.5. The minimum atomic E-state index is -0.140. The second-order valence-electron chi connectivity index (χ2n) is 9.01. The highest BCUT2D eigenvalue weighted by atomic mass is 19.1. The lowest BCUT2D eigenvalue weighted by atomic mass is 9.86. The van der Waals surface area contributed by atoms with Gasteiger partial charge < -0.3 is 10.6 Å². The molecule has 2 atom stereocenters. The average molecular weight is 397 g/mol. The molecule has 4 nitrogen and oxygen atoms in total. The molecular weight excluding hydrogens is 363 g/mol. The Morgan fingerprint density at radius 3 is 2.72 bits per heavy atom.